The van der Waals surface area contributed by atoms with Gasteiger partial charge in [-0.2, -0.15) is 20.5 Å². The van der Waals surface area contributed by atoms with E-state index in [1.807, 2.05) is 11.8 Å². The minimum atomic E-state index is -2.85. The number of hydrogen-bond acceptors (Lipinski definition) is 4. The zero-order chi connectivity index (χ0) is 14.4. The number of ether oxygens (including phenoxy) is 1. The third kappa shape index (κ3) is 4.92. The maximum atomic E-state index is 12.1. The summed E-state index contributed by atoms with van der Waals surface area (Å²) >= 11 is 1.91. The lowest BCUT2D eigenvalue weighted by Crippen LogP contribution is -2.36. The summed E-state index contributed by atoms with van der Waals surface area (Å²) in [5, 5.41) is 13.4. The first-order valence-corrected chi connectivity index (χ1v) is 7.84. The quantitative estimate of drug-likeness (QED) is 0.848. The highest BCUT2D eigenvalue weighted by Crippen LogP contribution is 2.21. The molecule has 1 aromatic carbocycles. The van der Waals surface area contributed by atoms with Crippen LogP contribution in [-0.4, -0.2) is 35.8 Å². The maximum absolute atomic E-state index is 12.1. The standard InChI is InChI=1S/C14H19F2NO2S/c15-14(16)19-12-5-1-3-10(7-12)13(18)8-17-11-4-2-6-20-9-11/h1,3,5,7,11,13-14,17-18H,2,4,6,8-9H2/t11-,13+/m0/s1. The van der Waals surface area contributed by atoms with Gasteiger partial charge in [0, 0.05) is 18.3 Å². The number of benzene rings is 1. The van der Waals surface area contributed by atoms with Gasteiger partial charge < -0.3 is 15.2 Å². The zero-order valence-corrected chi connectivity index (χ0v) is 11.9. The Morgan fingerprint density at radius 2 is 2.30 bits per heavy atom. The Hall–Kier alpha value is -0.850. The summed E-state index contributed by atoms with van der Waals surface area (Å²) in [5.74, 6) is 2.33. The predicted octanol–water partition coefficient (Wildman–Crippen LogP) is 2.81. The van der Waals surface area contributed by atoms with E-state index >= 15 is 0 Å². The van der Waals surface area contributed by atoms with E-state index in [0.717, 1.165) is 12.2 Å². The van der Waals surface area contributed by atoms with E-state index in [9.17, 15) is 13.9 Å². The molecule has 20 heavy (non-hydrogen) atoms. The molecular weight excluding hydrogens is 284 g/mol. The molecule has 112 valence electrons. The van der Waals surface area contributed by atoms with E-state index in [2.05, 4.69) is 10.1 Å². The largest absolute Gasteiger partial charge is 0.435 e. The first-order valence-electron chi connectivity index (χ1n) is 6.69. The van der Waals surface area contributed by atoms with Gasteiger partial charge in [0.05, 0.1) is 6.10 Å². The Balaban J connectivity index is 1.86. The number of halogens is 2. The molecule has 0 spiro atoms. The van der Waals surface area contributed by atoms with Gasteiger partial charge in [-0.05, 0) is 36.3 Å². The van der Waals surface area contributed by atoms with E-state index in [0.29, 0.717) is 18.2 Å². The molecule has 0 unspecified atom stereocenters. The van der Waals surface area contributed by atoms with Crippen LogP contribution in [0.3, 0.4) is 0 Å². The minimum Gasteiger partial charge on any atom is -0.435 e. The van der Waals surface area contributed by atoms with Crippen molar-refractivity contribution in [2.24, 2.45) is 0 Å². The average Bonchev–Trinajstić information content (AvgIpc) is 2.45. The summed E-state index contributed by atoms with van der Waals surface area (Å²) in [5.41, 5.74) is 0.583. The Labute approximate surface area is 121 Å². The third-order valence-corrected chi connectivity index (χ3v) is 4.44. The Bertz CT molecular complexity index is 414. The molecule has 2 atom stereocenters. The molecule has 0 bridgehead atoms. The van der Waals surface area contributed by atoms with Gasteiger partial charge in [0.15, 0.2) is 0 Å². The highest BCUT2D eigenvalue weighted by atomic mass is 32.2. The second kappa shape index (κ2) is 7.81. The third-order valence-electron chi connectivity index (χ3n) is 3.23. The fourth-order valence-corrected chi connectivity index (χ4v) is 3.30. The number of thioether (sulfide) groups is 1. The molecule has 0 saturated carbocycles. The van der Waals surface area contributed by atoms with Gasteiger partial charge in [0.25, 0.3) is 0 Å². The molecule has 0 aliphatic carbocycles. The summed E-state index contributed by atoms with van der Waals surface area (Å²) in [4.78, 5) is 0. The molecule has 2 N–H and O–H groups in total. The fourth-order valence-electron chi connectivity index (χ4n) is 2.20. The Morgan fingerprint density at radius 3 is 3.00 bits per heavy atom. The minimum absolute atomic E-state index is 0.0739. The lowest BCUT2D eigenvalue weighted by Gasteiger charge is -2.24. The van der Waals surface area contributed by atoms with Crippen LogP contribution in [0.5, 0.6) is 5.75 Å². The van der Waals surface area contributed by atoms with Crippen molar-refractivity contribution in [3.8, 4) is 5.75 Å². The van der Waals surface area contributed by atoms with Gasteiger partial charge in [-0.25, -0.2) is 0 Å². The van der Waals surface area contributed by atoms with Crippen molar-refractivity contribution in [1.82, 2.24) is 5.32 Å². The van der Waals surface area contributed by atoms with Crippen molar-refractivity contribution in [2.45, 2.75) is 31.6 Å². The predicted molar refractivity (Wildman–Crippen MR) is 76.4 cm³/mol. The highest BCUT2D eigenvalue weighted by molar-refractivity contribution is 7.99. The molecule has 1 heterocycles. The van der Waals surface area contributed by atoms with E-state index in [4.69, 9.17) is 0 Å². The number of aliphatic hydroxyl groups excluding tert-OH is 1. The van der Waals surface area contributed by atoms with Crippen LogP contribution in [0, 0.1) is 0 Å². The van der Waals surface area contributed by atoms with Gasteiger partial charge in [-0.1, -0.05) is 12.1 Å². The maximum Gasteiger partial charge on any atom is 0.387 e. The number of alkyl halides is 2. The van der Waals surface area contributed by atoms with Crippen LogP contribution in [0.1, 0.15) is 24.5 Å². The van der Waals surface area contributed by atoms with Crippen LogP contribution in [0.15, 0.2) is 24.3 Å². The summed E-state index contributed by atoms with van der Waals surface area (Å²) < 4.78 is 28.6. The van der Waals surface area contributed by atoms with E-state index in [1.54, 1.807) is 12.1 Å². The molecule has 1 saturated heterocycles. The number of aliphatic hydroxyl groups is 1. The van der Waals surface area contributed by atoms with Crippen LogP contribution in [-0.2, 0) is 0 Å². The van der Waals surface area contributed by atoms with E-state index in [-0.39, 0.29) is 5.75 Å². The first kappa shape index (κ1) is 15.5. The molecule has 6 heteroatoms. The van der Waals surface area contributed by atoms with Crippen molar-refractivity contribution in [3.63, 3.8) is 0 Å². The molecule has 1 aromatic rings. The van der Waals surface area contributed by atoms with Crippen molar-refractivity contribution < 1.29 is 18.6 Å². The number of rotatable bonds is 6. The van der Waals surface area contributed by atoms with Gasteiger partial charge in [-0.3, -0.25) is 0 Å². The zero-order valence-electron chi connectivity index (χ0n) is 11.1. The summed E-state index contributed by atoms with van der Waals surface area (Å²) in [6.07, 6.45) is 1.59. The van der Waals surface area contributed by atoms with Crippen molar-refractivity contribution in [3.05, 3.63) is 29.8 Å². The van der Waals surface area contributed by atoms with Crippen molar-refractivity contribution in [2.75, 3.05) is 18.1 Å². The van der Waals surface area contributed by atoms with Gasteiger partial charge in [0.2, 0.25) is 0 Å². The van der Waals surface area contributed by atoms with Crippen molar-refractivity contribution in [1.29, 1.82) is 0 Å². The highest BCUT2D eigenvalue weighted by Gasteiger charge is 2.16. The van der Waals surface area contributed by atoms with Gasteiger partial charge >= 0.3 is 6.61 Å². The summed E-state index contributed by atoms with van der Waals surface area (Å²) in [6, 6.07) is 6.64. The van der Waals surface area contributed by atoms with E-state index < -0.39 is 12.7 Å². The second-order valence-electron chi connectivity index (χ2n) is 4.79. The van der Waals surface area contributed by atoms with Gasteiger partial charge in [-0.15, -0.1) is 0 Å². The second-order valence-corrected chi connectivity index (χ2v) is 5.94. The molecule has 0 radical (unpaired) electrons. The fraction of sp³-hybridized carbons (Fsp3) is 0.571. The van der Waals surface area contributed by atoms with Crippen LogP contribution < -0.4 is 10.1 Å². The Morgan fingerprint density at radius 1 is 1.45 bits per heavy atom. The lowest BCUT2D eigenvalue weighted by atomic mass is 10.1. The molecule has 1 aliphatic heterocycles. The average molecular weight is 303 g/mol. The number of nitrogens with one attached hydrogen (secondary N) is 1. The Kier molecular flexibility index (Phi) is 6.06. The number of hydrogen-bond donors (Lipinski definition) is 2. The van der Waals surface area contributed by atoms with Crippen LogP contribution in [0.4, 0.5) is 8.78 Å². The molecule has 2 rings (SSSR count). The molecule has 3 nitrogen and oxygen atoms in total. The normalized spacial score (nSPS) is 20.9. The monoisotopic (exact) mass is 303 g/mol. The van der Waals surface area contributed by atoms with Crippen LogP contribution in [0.25, 0.3) is 0 Å². The van der Waals surface area contributed by atoms with Crippen LogP contribution in [0.2, 0.25) is 0 Å². The topological polar surface area (TPSA) is 41.5 Å². The SMILES string of the molecule is O[C@H](CN[C@H]1CCCSC1)c1cccc(OC(F)F)c1. The molecule has 0 amide bonds. The molecule has 0 aromatic heterocycles. The first-order chi connectivity index (χ1) is 9.65. The molecule has 1 aliphatic rings. The molecular formula is C14H19F2NO2S. The van der Waals surface area contributed by atoms with Crippen LogP contribution >= 0.6 is 11.8 Å². The van der Waals surface area contributed by atoms with Gasteiger partial charge in [0.1, 0.15) is 5.75 Å². The summed E-state index contributed by atoms with van der Waals surface area (Å²) in [6.45, 7) is -2.43. The smallest absolute Gasteiger partial charge is 0.387 e. The molecule has 1 fully saturated rings. The van der Waals surface area contributed by atoms with Crippen molar-refractivity contribution >= 4 is 11.8 Å². The lowest BCUT2D eigenvalue weighted by molar-refractivity contribution is -0.0499. The summed E-state index contributed by atoms with van der Waals surface area (Å²) in [7, 11) is 0. The van der Waals surface area contributed by atoms with E-state index in [1.165, 1.54) is 24.3 Å².